The first-order valence-corrected chi connectivity index (χ1v) is 11.0. The molecule has 0 aliphatic carbocycles. The maximum absolute atomic E-state index is 13.6. The Morgan fingerprint density at radius 1 is 1.22 bits per heavy atom. The van der Waals surface area contributed by atoms with Crippen LogP contribution >= 0.6 is 27.5 Å². The number of carbonyl (C=O) groups is 3. The monoisotopic (exact) mass is 522 g/mol. The van der Waals surface area contributed by atoms with Crippen molar-refractivity contribution < 1.29 is 29.7 Å². The molecule has 2 aromatic carbocycles. The van der Waals surface area contributed by atoms with Gasteiger partial charge in [0.25, 0.3) is 0 Å². The molecule has 168 valence electrons. The van der Waals surface area contributed by atoms with Crippen molar-refractivity contribution in [2.24, 2.45) is 11.8 Å². The molecule has 2 aromatic rings. The Morgan fingerprint density at radius 2 is 1.91 bits per heavy atom. The Kier molecular flexibility index (Phi) is 5.57. The van der Waals surface area contributed by atoms with Crippen molar-refractivity contribution in [1.82, 2.24) is 5.32 Å². The van der Waals surface area contributed by atoms with Gasteiger partial charge in [0, 0.05) is 21.1 Å². The van der Waals surface area contributed by atoms with E-state index < -0.39 is 47.3 Å². The number of fused-ring (bicyclic) bond motifs is 1. The largest absolute Gasteiger partial charge is 0.508 e. The molecule has 0 aromatic heterocycles. The Morgan fingerprint density at radius 3 is 2.50 bits per heavy atom. The normalized spacial score (nSPS) is 28.2. The average molecular weight is 524 g/mol. The lowest BCUT2D eigenvalue weighted by Crippen LogP contribution is -2.62. The van der Waals surface area contributed by atoms with Crippen molar-refractivity contribution in [3.8, 4) is 5.75 Å². The molecule has 0 spiro atoms. The van der Waals surface area contributed by atoms with E-state index in [0.29, 0.717) is 9.50 Å². The van der Waals surface area contributed by atoms with Gasteiger partial charge in [0.05, 0.1) is 23.6 Å². The number of carboxylic acid groups (broad SMARTS) is 1. The van der Waals surface area contributed by atoms with Gasteiger partial charge in [0.1, 0.15) is 5.75 Å². The molecule has 0 radical (unpaired) electrons. The zero-order valence-corrected chi connectivity index (χ0v) is 19.4. The Bertz CT molecular complexity index is 1160. The fraction of sp³-hybridized carbons (Fsp3) is 0.318. The lowest BCUT2D eigenvalue weighted by molar-refractivity contribution is -0.154. The van der Waals surface area contributed by atoms with Crippen LogP contribution in [0.25, 0.3) is 0 Å². The quantitative estimate of drug-likeness (QED) is 0.454. The van der Waals surface area contributed by atoms with Crippen LogP contribution in [-0.2, 0) is 14.4 Å². The number of benzene rings is 2. The van der Waals surface area contributed by atoms with Gasteiger partial charge in [-0.3, -0.25) is 19.7 Å². The molecular weight excluding hydrogens is 504 g/mol. The first-order chi connectivity index (χ1) is 15.0. The molecule has 8 nitrogen and oxygen atoms in total. The van der Waals surface area contributed by atoms with Crippen molar-refractivity contribution in [3.63, 3.8) is 0 Å². The minimum Gasteiger partial charge on any atom is -0.508 e. The summed E-state index contributed by atoms with van der Waals surface area (Å²) in [5, 5.41) is 34.3. The number of phenolic OH excluding ortho intramolecular Hbond substituents is 1. The SMILES string of the molecule is Cc1ccc(N2C(=O)C3C(c4cc(Br)ccc4O)NC(C(=O)O)(C(C)O)C3C2=O)cc1Cl. The summed E-state index contributed by atoms with van der Waals surface area (Å²) >= 11 is 9.51. The minimum absolute atomic E-state index is 0.173. The number of nitrogens with one attached hydrogen (secondary N) is 1. The predicted molar refractivity (Wildman–Crippen MR) is 119 cm³/mol. The number of phenols is 1. The summed E-state index contributed by atoms with van der Waals surface area (Å²) in [6.07, 6.45) is -1.52. The van der Waals surface area contributed by atoms with Gasteiger partial charge in [-0.25, -0.2) is 4.90 Å². The molecule has 0 saturated carbocycles. The third kappa shape index (κ3) is 3.14. The summed E-state index contributed by atoms with van der Waals surface area (Å²) in [7, 11) is 0. The topological polar surface area (TPSA) is 127 Å². The van der Waals surface area contributed by atoms with Crippen LogP contribution in [0.5, 0.6) is 5.75 Å². The number of amides is 2. The number of halogens is 2. The molecule has 5 unspecified atom stereocenters. The number of aliphatic hydroxyl groups excluding tert-OH is 1. The molecule has 4 rings (SSSR count). The van der Waals surface area contributed by atoms with Crippen LogP contribution in [0.15, 0.2) is 40.9 Å². The van der Waals surface area contributed by atoms with Crippen molar-refractivity contribution >= 4 is 51.0 Å². The highest BCUT2D eigenvalue weighted by atomic mass is 79.9. The van der Waals surface area contributed by atoms with Crippen LogP contribution < -0.4 is 10.2 Å². The summed E-state index contributed by atoms with van der Waals surface area (Å²) in [6, 6.07) is 8.18. The standard InChI is InChI=1S/C22H20BrClN2O6/c1-9-3-5-12(8-14(9)24)26-19(29)16-17(20(26)30)22(10(2)27,21(31)32)25-18(16)13-7-11(23)4-6-15(13)28/h3-8,10,16-18,25,27-28H,1-2H3,(H,31,32). The van der Waals surface area contributed by atoms with Crippen molar-refractivity contribution in [2.75, 3.05) is 4.90 Å². The number of aliphatic carboxylic acids is 1. The predicted octanol–water partition coefficient (Wildman–Crippen LogP) is 2.77. The Labute approximate surface area is 196 Å². The number of hydrogen-bond acceptors (Lipinski definition) is 6. The molecular formula is C22H20BrClN2O6. The second-order valence-electron chi connectivity index (χ2n) is 8.12. The summed E-state index contributed by atoms with van der Waals surface area (Å²) in [5.41, 5.74) is -0.938. The third-order valence-electron chi connectivity index (χ3n) is 6.35. The van der Waals surface area contributed by atoms with Crippen LogP contribution in [0.2, 0.25) is 5.02 Å². The zero-order chi connectivity index (χ0) is 23.5. The van der Waals surface area contributed by atoms with Gasteiger partial charge >= 0.3 is 5.97 Å². The fourth-order valence-electron chi connectivity index (χ4n) is 4.72. The number of hydrogen-bond donors (Lipinski definition) is 4. The molecule has 4 N–H and O–H groups in total. The highest BCUT2D eigenvalue weighted by molar-refractivity contribution is 9.10. The van der Waals surface area contributed by atoms with E-state index in [-0.39, 0.29) is 17.0 Å². The second-order valence-corrected chi connectivity index (χ2v) is 9.45. The smallest absolute Gasteiger partial charge is 0.327 e. The summed E-state index contributed by atoms with van der Waals surface area (Å²) < 4.78 is 0.590. The van der Waals surface area contributed by atoms with Gasteiger partial charge in [-0.15, -0.1) is 0 Å². The van der Waals surface area contributed by atoms with E-state index in [9.17, 15) is 29.7 Å². The molecule has 2 aliphatic heterocycles. The van der Waals surface area contributed by atoms with Gasteiger partial charge in [-0.05, 0) is 49.7 Å². The zero-order valence-electron chi connectivity index (χ0n) is 17.0. The number of aliphatic hydroxyl groups is 1. The third-order valence-corrected chi connectivity index (χ3v) is 7.25. The van der Waals surface area contributed by atoms with E-state index in [1.165, 1.54) is 19.1 Å². The molecule has 2 amide bonds. The van der Waals surface area contributed by atoms with E-state index >= 15 is 0 Å². The molecule has 32 heavy (non-hydrogen) atoms. The lowest BCUT2D eigenvalue weighted by atomic mass is 9.76. The van der Waals surface area contributed by atoms with E-state index in [1.807, 2.05) is 0 Å². The van der Waals surface area contributed by atoms with Crippen molar-refractivity contribution in [1.29, 1.82) is 0 Å². The van der Waals surface area contributed by atoms with Gasteiger partial charge in [-0.2, -0.15) is 0 Å². The van der Waals surface area contributed by atoms with E-state index in [4.69, 9.17) is 11.6 Å². The minimum atomic E-state index is -2.14. The van der Waals surface area contributed by atoms with Crippen molar-refractivity contribution in [2.45, 2.75) is 31.5 Å². The first-order valence-electron chi connectivity index (χ1n) is 9.82. The van der Waals surface area contributed by atoms with E-state index in [2.05, 4.69) is 21.2 Å². The number of rotatable bonds is 4. The van der Waals surface area contributed by atoms with Gasteiger partial charge < -0.3 is 15.3 Å². The number of carbonyl (C=O) groups excluding carboxylic acids is 2. The summed E-state index contributed by atoms with van der Waals surface area (Å²) in [5.74, 6) is -5.62. The second kappa shape index (κ2) is 7.84. The van der Waals surface area contributed by atoms with Gasteiger partial charge in [-0.1, -0.05) is 33.6 Å². The van der Waals surface area contributed by atoms with Gasteiger partial charge in [0.15, 0.2) is 5.54 Å². The Hall–Kier alpha value is -2.46. The maximum atomic E-state index is 13.6. The number of nitrogens with zero attached hydrogens (tertiary/aromatic N) is 1. The first kappa shape index (κ1) is 22.7. The van der Waals surface area contributed by atoms with Crippen LogP contribution in [0, 0.1) is 18.8 Å². The number of carboxylic acids is 1. The highest BCUT2D eigenvalue weighted by Gasteiger charge is 2.70. The van der Waals surface area contributed by atoms with Crippen LogP contribution in [-0.4, -0.2) is 44.7 Å². The number of aryl methyl sites for hydroxylation is 1. The Balaban J connectivity index is 1.91. The molecule has 10 heteroatoms. The van der Waals surface area contributed by atoms with E-state index in [1.54, 1.807) is 31.2 Å². The molecule has 0 bridgehead atoms. The highest BCUT2D eigenvalue weighted by Crippen LogP contribution is 2.52. The number of imide groups is 1. The fourth-order valence-corrected chi connectivity index (χ4v) is 5.27. The van der Waals surface area contributed by atoms with E-state index in [0.717, 1.165) is 10.5 Å². The summed E-state index contributed by atoms with van der Waals surface area (Å²) in [6.45, 7) is 3.03. The van der Waals surface area contributed by atoms with Crippen molar-refractivity contribution in [3.05, 3.63) is 57.0 Å². The van der Waals surface area contributed by atoms with Crippen LogP contribution in [0.1, 0.15) is 24.1 Å². The molecule has 2 heterocycles. The number of anilines is 1. The number of aromatic hydroxyl groups is 1. The molecule has 2 fully saturated rings. The van der Waals surface area contributed by atoms with Crippen LogP contribution in [0.4, 0.5) is 5.69 Å². The lowest BCUT2D eigenvalue weighted by Gasteiger charge is -2.33. The summed E-state index contributed by atoms with van der Waals surface area (Å²) in [4.78, 5) is 40.4. The van der Waals surface area contributed by atoms with Crippen LogP contribution in [0.3, 0.4) is 0 Å². The molecule has 5 atom stereocenters. The molecule has 2 aliphatic rings. The maximum Gasteiger partial charge on any atom is 0.327 e. The molecule has 2 saturated heterocycles. The average Bonchev–Trinajstić information content (AvgIpc) is 3.21. The van der Waals surface area contributed by atoms with Gasteiger partial charge in [0.2, 0.25) is 11.8 Å².